The van der Waals surface area contributed by atoms with Gasteiger partial charge in [0.05, 0.1) is 7.11 Å². The van der Waals surface area contributed by atoms with Gasteiger partial charge in [0.1, 0.15) is 5.75 Å². The number of amides is 1. The summed E-state index contributed by atoms with van der Waals surface area (Å²) < 4.78 is 6.54. The number of benzene rings is 2. The molecule has 2 aromatic rings. The number of nitrogens with one attached hydrogen (secondary N) is 1. The molecule has 0 unspecified atom stereocenters. The van der Waals surface area contributed by atoms with Crippen LogP contribution in [0, 0.1) is 0 Å². The Morgan fingerprint density at radius 1 is 1.07 bits per heavy atom. The summed E-state index contributed by atoms with van der Waals surface area (Å²) in [5, 5.41) is 2.95. The number of anilines is 1. The normalized spacial score (nSPS) is 11.2. The molecule has 0 saturated carbocycles. The van der Waals surface area contributed by atoms with Crippen molar-refractivity contribution >= 4 is 33.6 Å². The minimum Gasteiger partial charge on any atom is -0.496 e. The number of halogens is 1. The first-order valence-corrected chi connectivity index (χ1v) is 11.5. The highest BCUT2D eigenvalue weighted by molar-refractivity contribution is 9.10. The van der Waals surface area contributed by atoms with E-state index in [-0.39, 0.29) is 5.91 Å². The Morgan fingerprint density at radius 2 is 1.77 bits per heavy atom. The number of hydrogen-bond donors (Lipinski definition) is 1. The minimum absolute atomic E-state index is 0.147. The first-order chi connectivity index (χ1) is 14.5. The number of rotatable bonds is 12. The topological polar surface area (TPSA) is 41.6 Å². The molecule has 0 aliphatic rings. The Bertz CT molecular complexity index is 812. The fourth-order valence-corrected chi connectivity index (χ4v) is 3.71. The van der Waals surface area contributed by atoms with E-state index in [0.29, 0.717) is 0 Å². The van der Waals surface area contributed by atoms with Crippen LogP contribution in [-0.4, -0.2) is 37.6 Å². The highest BCUT2D eigenvalue weighted by Gasteiger charge is 2.08. The summed E-state index contributed by atoms with van der Waals surface area (Å²) in [6.07, 6.45) is 7.71. The van der Waals surface area contributed by atoms with Crippen molar-refractivity contribution in [2.24, 2.45) is 0 Å². The second-order valence-electron chi connectivity index (χ2n) is 7.35. The maximum Gasteiger partial charge on any atom is 0.248 e. The van der Waals surface area contributed by atoms with Crippen LogP contribution < -0.4 is 10.1 Å². The molecule has 0 radical (unpaired) electrons. The average Bonchev–Trinajstić information content (AvgIpc) is 2.74. The van der Waals surface area contributed by atoms with Gasteiger partial charge in [-0.25, -0.2) is 0 Å². The summed E-state index contributed by atoms with van der Waals surface area (Å²) >= 11 is 3.41. The molecule has 0 bridgehead atoms. The minimum atomic E-state index is -0.147. The van der Waals surface area contributed by atoms with Crippen LogP contribution in [0.2, 0.25) is 0 Å². The van der Waals surface area contributed by atoms with Gasteiger partial charge in [-0.3, -0.25) is 4.79 Å². The van der Waals surface area contributed by atoms with Crippen molar-refractivity contribution in [3.63, 3.8) is 0 Å². The van der Waals surface area contributed by atoms with Gasteiger partial charge in [-0.2, -0.15) is 0 Å². The van der Waals surface area contributed by atoms with E-state index in [4.69, 9.17) is 4.74 Å². The van der Waals surface area contributed by atoms with Gasteiger partial charge in [0.25, 0.3) is 0 Å². The van der Waals surface area contributed by atoms with Gasteiger partial charge >= 0.3 is 0 Å². The highest BCUT2D eigenvalue weighted by Crippen LogP contribution is 2.24. The van der Waals surface area contributed by atoms with E-state index in [2.05, 4.69) is 40.0 Å². The molecule has 0 saturated heterocycles. The lowest BCUT2D eigenvalue weighted by atomic mass is 10.1. The molecule has 0 aliphatic carbocycles. The summed E-state index contributed by atoms with van der Waals surface area (Å²) in [7, 11) is 1.69. The zero-order valence-corrected chi connectivity index (χ0v) is 19.9. The van der Waals surface area contributed by atoms with Gasteiger partial charge in [0.2, 0.25) is 5.91 Å². The zero-order valence-electron chi connectivity index (χ0n) is 18.3. The largest absolute Gasteiger partial charge is 0.496 e. The lowest BCUT2D eigenvalue weighted by Crippen LogP contribution is -2.26. The van der Waals surface area contributed by atoms with Crippen LogP contribution in [0.15, 0.2) is 53.0 Å². The van der Waals surface area contributed by atoms with Crippen LogP contribution in [-0.2, 0) is 11.2 Å². The van der Waals surface area contributed by atoms with E-state index < -0.39 is 0 Å². The number of aryl methyl sites for hydroxylation is 1. The van der Waals surface area contributed by atoms with Gasteiger partial charge in [-0.1, -0.05) is 41.9 Å². The van der Waals surface area contributed by atoms with Crippen molar-refractivity contribution in [1.82, 2.24) is 4.90 Å². The second kappa shape index (κ2) is 13.2. The fourth-order valence-electron chi connectivity index (χ4n) is 3.44. The number of carbonyl (C=O) groups excluding carboxylic acids is 1. The molecule has 30 heavy (non-hydrogen) atoms. The van der Waals surface area contributed by atoms with E-state index in [1.807, 2.05) is 48.5 Å². The van der Waals surface area contributed by atoms with Crippen molar-refractivity contribution < 1.29 is 9.53 Å². The molecule has 0 spiro atoms. The smallest absolute Gasteiger partial charge is 0.248 e. The summed E-state index contributed by atoms with van der Waals surface area (Å²) in [5.41, 5.74) is 2.89. The molecular weight excluding hydrogens is 440 g/mol. The van der Waals surface area contributed by atoms with Gasteiger partial charge in [0.15, 0.2) is 0 Å². The second-order valence-corrected chi connectivity index (χ2v) is 8.26. The van der Waals surface area contributed by atoms with Crippen LogP contribution in [0.1, 0.15) is 44.2 Å². The fraction of sp³-hybridized carbons (Fsp3) is 0.400. The van der Waals surface area contributed by atoms with Crippen LogP contribution in [0.3, 0.4) is 0 Å². The van der Waals surface area contributed by atoms with E-state index in [0.717, 1.165) is 59.5 Å². The first-order valence-electron chi connectivity index (χ1n) is 10.7. The molecule has 0 aromatic heterocycles. The maximum absolute atomic E-state index is 12.3. The van der Waals surface area contributed by atoms with Crippen molar-refractivity contribution in [2.75, 3.05) is 32.1 Å². The molecule has 1 N–H and O–H groups in total. The predicted molar refractivity (Wildman–Crippen MR) is 130 cm³/mol. The van der Waals surface area contributed by atoms with E-state index >= 15 is 0 Å². The van der Waals surface area contributed by atoms with Crippen molar-refractivity contribution in [3.05, 3.63) is 64.1 Å². The molecule has 1 amide bonds. The van der Waals surface area contributed by atoms with Crippen LogP contribution in [0.5, 0.6) is 5.75 Å². The molecule has 162 valence electrons. The monoisotopic (exact) mass is 472 g/mol. The van der Waals surface area contributed by atoms with Gasteiger partial charge in [-0.15, -0.1) is 0 Å². The van der Waals surface area contributed by atoms with Crippen LogP contribution in [0.4, 0.5) is 5.69 Å². The number of hydrogen-bond acceptors (Lipinski definition) is 3. The predicted octanol–water partition coefficient (Wildman–Crippen LogP) is 6.16. The Kier molecular flexibility index (Phi) is 10.7. The van der Waals surface area contributed by atoms with Crippen LogP contribution >= 0.6 is 15.9 Å². The van der Waals surface area contributed by atoms with E-state index in [1.54, 1.807) is 13.2 Å². The maximum atomic E-state index is 12.3. The Labute approximate surface area is 189 Å². The Balaban J connectivity index is 1.97. The third kappa shape index (κ3) is 8.33. The number of carbonyl (C=O) groups is 1. The van der Waals surface area contributed by atoms with Gasteiger partial charge in [-0.05, 0) is 92.9 Å². The Hall–Kier alpha value is -2.11. The highest BCUT2D eigenvalue weighted by atomic mass is 79.9. The van der Waals surface area contributed by atoms with Crippen molar-refractivity contribution in [1.29, 1.82) is 0 Å². The van der Waals surface area contributed by atoms with Gasteiger partial charge < -0.3 is 15.0 Å². The third-order valence-electron chi connectivity index (χ3n) is 4.85. The number of nitrogens with zero attached hydrogens (tertiary/aromatic N) is 1. The number of methoxy groups -OCH3 is 1. The molecule has 5 heteroatoms. The quantitative estimate of drug-likeness (QED) is 0.375. The first kappa shape index (κ1) is 24.2. The molecule has 0 aliphatic heterocycles. The molecular formula is C25H33BrN2O2. The van der Waals surface area contributed by atoms with E-state index in [9.17, 15) is 4.79 Å². The molecule has 2 rings (SSSR count). The number of ether oxygens (including phenoxy) is 1. The molecule has 0 fully saturated rings. The average molecular weight is 473 g/mol. The third-order valence-corrected chi connectivity index (χ3v) is 5.37. The van der Waals surface area contributed by atoms with Crippen molar-refractivity contribution in [2.45, 2.75) is 39.5 Å². The SMILES string of the molecule is CCCN(CCC)CCCc1cc(NC(=O)C=Cc2ccc(Br)cc2)ccc1OC. The molecule has 2 aromatic carbocycles. The summed E-state index contributed by atoms with van der Waals surface area (Å²) in [6, 6.07) is 13.7. The molecule has 0 heterocycles. The van der Waals surface area contributed by atoms with Crippen molar-refractivity contribution in [3.8, 4) is 5.75 Å². The molecule has 0 atom stereocenters. The summed E-state index contributed by atoms with van der Waals surface area (Å²) in [5.74, 6) is 0.724. The standard InChI is InChI=1S/C25H33BrN2O2/c1-4-16-28(17-5-2)18-6-7-21-19-23(13-14-24(21)30-3)27-25(29)15-10-20-8-11-22(26)12-9-20/h8-15,19H,4-7,16-18H2,1-3H3,(H,27,29). The summed E-state index contributed by atoms with van der Waals surface area (Å²) in [4.78, 5) is 14.8. The summed E-state index contributed by atoms with van der Waals surface area (Å²) in [6.45, 7) is 7.82. The lowest BCUT2D eigenvalue weighted by Gasteiger charge is -2.21. The van der Waals surface area contributed by atoms with Gasteiger partial charge in [0, 0.05) is 16.2 Å². The Morgan fingerprint density at radius 3 is 2.40 bits per heavy atom. The molecule has 4 nitrogen and oxygen atoms in total. The van der Waals surface area contributed by atoms with Crippen LogP contribution in [0.25, 0.3) is 6.08 Å². The van der Waals surface area contributed by atoms with E-state index in [1.165, 1.54) is 12.8 Å². The zero-order chi connectivity index (χ0) is 21.8. The lowest BCUT2D eigenvalue weighted by molar-refractivity contribution is -0.111.